The SMILES string of the molecule is CCS[C@@H]1O[C@@H](COCc2ccccc2)[C@@H](O[C@@H]2OC(COCc3ccccc3)[C@H](OCc3ccccc3)[C@@H](OCc3ccccc3)C2OCc2ccccc2)C(OCc2ccccc2)C1C. The molecule has 2 saturated heterocycles. The third-order valence-corrected chi connectivity index (χ3v) is 13.3. The van der Waals surface area contributed by atoms with Gasteiger partial charge in [0.15, 0.2) is 6.29 Å². The van der Waals surface area contributed by atoms with Gasteiger partial charge in [-0.3, -0.25) is 0 Å². The quantitative estimate of drug-likeness (QED) is 0.0585. The van der Waals surface area contributed by atoms with Crippen molar-refractivity contribution in [2.75, 3.05) is 19.0 Å². The fourth-order valence-corrected chi connectivity index (χ4v) is 9.59. The van der Waals surface area contributed by atoms with Crippen molar-refractivity contribution in [2.45, 2.75) is 108 Å². The molecule has 9 nitrogen and oxygen atoms in total. The normalized spacial score (nSPS) is 25.2. The van der Waals surface area contributed by atoms with Crippen molar-refractivity contribution >= 4 is 11.8 Å². The Morgan fingerprint density at radius 1 is 0.388 bits per heavy atom. The van der Waals surface area contributed by atoms with Crippen LogP contribution >= 0.6 is 11.8 Å². The molecule has 6 aromatic rings. The molecule has 8 rings (SSSR count). The fourth-order valence-electron chi connectivity index (χ4n) is 8.59. The van der Waals surface area contributed by atoms with Gasteiger partial charge in [-0.2, -0.15) is 0 Å². The summed E-state index contributed by atoms with van der Waals surface area (Å²) in [5, 5.41) is 0. The first-order valence-electron chi connectivity index (χ1n) is 23.5. The summed E-state index contributed by atoms with van der Waals surface area (Å²) < 4.78 is 62.8. The Kier molecular flexibility index (Phi) is 19.0. The minimum atomic E-state index is -0.970. The average molecular weight is 925 g/mol. The smallest absolute Gasteiger partial charge is 0.187 e. The Labute approximate surface area is 401 Å². The maximum absolute atomic E-state index is 7.46. The van der Waals surface area contributed by atoms with Crippen molar-refractivity contribution in [1.29, 1.82) is 0 Å². The van der Waals surface area contributed by atoms with E-state index in [1.165, 1.54) is 0 Å². The molecule has 4 unspecified atom stereocenters. The number of benzene rings is 6. The predicted octanol–water partition coefficient (Wildman–Crippen LogP) is 11.0. The van der Waals surface area contributed by atoms with Crippen molar-refractivity contribution in [3.63, 3.8) is 0 Å². The lowest BCUT2D eigenvalue weighted by atomic mass is 9.92. The summed E-state index contributed by atoms with van der Waals surface area (Å²) in [5.74, 6) is 0.813. The lowest BCUT2D eigenvalue weighted by molar-refractivity contribution is -0.356. The highest BCUT2D eigenvalue weighted by molar-refractivity contribution is 7.99. The van der Waals surface area contributed by atoms with Crippen LogP contribution in [0.4, 0.5) is 0 Å². The van der Waals surface area contributed by atoms with Gasteiger partial charge in [-0.15, -0.1) is 11.8 Å². The van der Waals surface area contributed by atoms with E-state index in [1.54, 1.807) is 11.8 Å². The Hall–Kier alpha value is -4.69. The van der Waals surface area contributed by atoms with Gasteiger partial charge in [-0.05, 0) is 39.1 Å². The molecule has 0 N–H and O–H groups in total. The predicted molar refractivity (Wildman–Crippen MR) is 262 cm³/mol. The minimum Gasteiger partial charge on any atom is -0.374 e. The Morgan fingerprint density at radius 3 is 1.13 bits per heavy atom. The van der Waals surface area contributed by atoms with Gasteiger partial charge in [-0.25, -0.2) is 0 Å². The molecule has 352 valence electrons. The van der Waals surface area contributed by atoms with Gasteiger partial charge in [0.25, 0.3) is 0 Å². The van der Waals surface area contributed by atoms with Gasteiger partial charge >= 0.3 is 0 Å². The molecule has 0 radical (unpaired) electrons. The zero-order valence-corrected chi connectivity index (χ0v) is 39.4. The molecule has 2 aliphatic heterocycles. The maximum Gasteiger partial charge on any atom is 0.187 e. The van der Waals surface area contributed by atoms with Gasteiger partial charge in [-0.1, -0.05) is 196 Å². The monoisotopic (exact) mass is 924 g/mol. The first-order chi connectivity index (χ1) is 33.1. The third-order valence-electron chi connectivity index (χ3n) is 12.1. The first kappa shape index (κ1) is 48.8. The van der Waals surface area contributed by atoms with E-state index in [1.807, 2.05) is 109 Å². The summed E-state index contributed by atoms with van der Waals surface area (Å²) in [5.41, 5.74) is 6.08. The summed E-state index contributed by atoms with van der Waals surface area (Å²) in [4.78, 5) is 0. The highest BCUT2D eigenvalue weighted by atomic mass is 32.2. The molecule has 0 amide bonds. The van der Waals surface area contributed by atoms with E-state index in [9.17, 15) is 0 Å². The molecule has 2 fully saturated rings. The van der Waals surface area contributed by atoms with Crippen LogP contribution < -0.4 is 0 Å². The summed E-state index contributed by atoms with van der Waals surface area (Å²) in [6.45, 7) is 6.93. The molecule has 10 heteroatoms. The van der Waals surface area contributed by atoms with Crippen molar-refractivity contribution in [1.82, 2.24) is 0 Å². The second-order valence-electron chi connectivity index (χ2n) is 17.0. The number of thioether (sulfide) groups is 1. The van der Waals surface area contributed by atoms with Crippen molar-refractivity contribution in [3.05, 3.63) is 215 Å². The standard InChI is InChI=1S/C57H64O9S/c1-3-67-57-42(2)51(60-36-45-26-14-6-15-27-45)53(50(65-57)41-59-35-44-24-12-5-13-25-44)66-56-55(63-39-48-32-20-9-21-33-48)54(62-38-47-30-18-8-19-31-47)52(61-37-46-28-16-7-17-29-46)49(64-56)40-58-34-43-22-10-4-11-23-43/h4-33,42,49-57H,3,34-41H2,1-2H3/t42?,49?,50-,51?,52-,53+,54+,55?,56-,57-/m0/s1. The van der Waals surface area contributed by atoms with Crippen molar-refractivity contribution in [2.24, 2.45) is 5.92 Å². The van der Waals surface area contributed by atoms with E-state index in [4.69, 9.17) is 42.6 Å². The lowest BCUT2D eigenvalue weighted by Crippen LogP contribution is -2.64. The van der Waals surface area contributed by atoms with E-state index >= 15 is 0 Å². The second-order valence-corrected chi connectivity index (χ2v) is 18.4. The number of hydrogen-bond acceptors (Lipinski definition) is 10. The van der Waals surface area contributed by atoms with Crippen LogP contribution in [0.1, 0.15) is 47.2 Å². The average Bonchev–Trinajstić information content (AvgIpc) is 3.38. The third kappa shape index (κ3) is 14.4. The minimum absolute atomic E-state index is 0.0617. The summed E-state index contributed by atoms with van der Waals surface area (Å²) in [7, 11) is 0. The molecule has 0 bridgehead atoms. The van der Waals surface area contributed by atoms with Gasteiger partial charge in [0.2, 0.25) is 0 Å². The molecule has 2 aliphatic rings. The molecule has 67 heavy (non-hydrogen) atoms. The van der Waals surface area contributed by atoms with E-state index in [2.05, 4.69) is 86.6 Å². The van der Waals surface area contributed by atoms with Crippen molar-refractivity contribution < 1.29 is 42.6 Å². The van der Waals surface area contributed by atoms with Crippen LogP contribution in [0.2, 0.25) is 0 Å². The molecule has 2 heterocycles. The summed E-state index contributed by atoms with van der Waals surface area (Å²) in [6.07, 6.45) is -5.23. The molecule has 10 atom stereocenters. The second kappa shape index (κ2) is 26.2. The van der Waals surface area contributed by atoms with Crippen LogP contribution in [0.5, 0.6) is 0 Å². The highest BCUT2D eigenvalue weighted by Crippen LogP contribution is 2.39. The lowest BCUT2D eigenvalue weighted by Gasteiger charge is -2.50. The van der Waals surface area contributed by atoms with Crippen LogP contribution in [0.3, 0.4) is 0 Å². The Morgan fingerprint density at radius 2 is 0.731 bits per heavy atom. The maximum atomic E-state index is 7.46. The van der Waals surface area contributed by atoms with E-state index in [0.29, 0.717) is 33.0 Å². The van der Waals surface area contributed by atoms with Gasteiger partial charge in [0.05, 0.1) is 59.0 Å². The number of ether oxygens (including phenoxy) is 9. The zero-order valence-electron chi connectivity index (χ0n) is 38.5. The Bertz CT molecular complexity index is 2240. The molecule has 0 aromatic heterocycles. The van der Waals surface area contributed by atoms with Crippen LogP contribution in [-0.4, -0.2) is 73.4 Å². The summed E-state index contributed by atoms with van der Waals surface area (Å²) in [6, 6.07) is 61.0. The molecule has 0 saturated carbocycles. The van der Waals surface area contributed by atoms with Crippen molar-refractivity contribution in [3.8, 4) is 0 Å². The van der Waals surface area contributed by atoms with Crippen LogP contribution in [0.25, 0.3) is 0 Å². The largest absolute Gasteiger partial charge is 0.374 e. The van der Waals surface area contributed by atoms with E-state index in [0.717, 1.165) is 39.1 Å². The van der Waals surface area contributed by atoms with E-state index in [-0.39, 0.29) is 31.2 Å². The molecule has 0 aliphatic carbocycles. The first-order valence-corrected chi connectivity index (χ1v) is 24.6. The van der Waals surface area contributed by atoms with E-state index < -0.39 is 49.0 Å². The van der Waals surface area contributed by atoms with Crippen LogP contribution in [0.15, 0.2) is 182 Å². The van der Waals surface area contributed by atoms with Gasteiger partial charge in [0.1, 0.15) is 42.1 Å². The number of hydrogen-bond donors (Lipinski definition) is 0. The molecular weight excluding hydrogens is 861 g/mol. The highest BCUT2D eigenvalue weighted by Gasteiger charge is 2.53. The zero-order chi connectivity index (χ0) is 45.9. The molecule has 0 spiro atoms. The fraction of sp³-hybridized carbons (Fsp3) is 0.368. The summed E-state index contributed by atoms with van der Waals surface area (Å²) >= 11 is 1.77. The van der Waals surface area contributed by atoms with Gasteiger partial charge < -0.3 is 42.6 Å². The van der Waals surface area contributed by atoms with Crippen LogP contribution in [0, 0.1) is 5.92 Å². The molecule has 6 aromatic carbocycles. The molecular formula is C57H64O9S. The number of rotatable bonds is 24. The topological polar surface area (TPSA) is 83.1 Å². The van der Waals surface area contributed by atoms with Gasteiger partial charge in [0, 0.05) is 5.92 Å². The Balaban J connectivity index is 1.16. The van der Waals surface area contributed by atoms with Crippen LogP contribution in [-0.2, 0) is 82.3 Å².